The Bertz CT molecular complexity index is 536. The molecule has 5 heteroatoms. The Morgan fingerprint density at radius 2 is 2.35 bits per heavy atom. The molecule has 0 spiro atoms. The van der Waals surface area contributed by atoms with Crippen LogP contribution in [-0.2, 0) is 0 Å². The van der Waals surface area contributed by atoms with E-state index < -0.39 is 0 Å². The van der Waals surface area contributed by atoms with Gasteiger partial charge < -0.3 is 15.2 Å². The van der Waals surface area contributed by atoms with Crippen LogP contribution in [0.4, 0.5) is 0 Å². The monoisotopic (exact) mass is 250 g/mol. The molecule has 1 aliphatic heterocycles. The van der Waals surface area contributed by atoms with E-state index in [1.807, 2.05) is 18.2 Å². The average Bonchev–Trinajstić information content (AvgIpc) is 2.74. The summed E-state index contributed by atoms with van der Waals surface area (Å²) < 4.78 is 0. The van der Waals surface area contributed by atoms with E-state index in [2.05, 4.69) is 27.2 Å². The molecular weight excluding hydrogens is 236 g/mol. The molecule has 1 fully saturated rings. The van der Waals surface area contributed by atoms with Crippen molar-refractivity contribution in [1.82, 2.24) is 20.2 Å². The van der Waals surface area contributed by atoms with E-state index in [9.17, 15) is 0 Å². The Morgan fingerprint density at radius 1 is 1.47 bits per heavy atom. The number of hydrogen-bond donors (Lipinski definition) is 2. The first kappa shape index (κ1) is 11.0. The minimum absolute atomic E-state index is 0.261. The van der Waals surface area contributed by atoms with Crippen molar-refractivity contribution in [2.24, 2.45) is 0 Å². The molecule has 2 heterocycles. The van der Waals surface area contributed by atoms with Gasteiger partial charge in [-0.1, -0.05) is 17.7 Å². The maximum atomic E-state index is 6.12. The molecule has 2 N–H and O–H groups in total. The molecule has 0 aliphatic carbocycles. The summed E-state index contributed by atoms with van der Waals surface area (Å²) in [6, 6.07) is 6.07. The van der Waals surface area contributed by atoms with Crippen LogP contribution < -0.4 is 5.32 Å². The molecule has 1 aromatic heterocycles. The molecule has 1 unspecified atom stereocenters. The second-order valence-electron chi connectivity index (χ2n) is 4.53. The summed E-state index contributed by atoms with van der Waals surface area (Å²) in [5.41, 5.74) is 1.86. The fourth-order valence-electron chi connectivity index (χ4n) is 2.26. The first-order valence-corrected chi connectivity index (χ1v) is 6.18. The number of halogens is 1. The van der Waals surface area contributed by atoms with Gasteiger partial charge in [-0.2, -0.15) is 0 Å². The summed E-state index contributed by atoms with van der Waals surface area (Å²) in [5.74, 6) is 0.972. The van der Waals surface area contributed by atoms with E-state index in [-0.39, 0.29) is 6.04 Å². The zero-order valence-corrected chi connectivity index (χ0v) is 10.5. The second-order valence-corrected chi connectivity index (χ2v) is 4.93. The Kier molecular flexibility index (Phi) is 2.78. The van der Waals surface area contributed by atoms with Crippen LogP contribution in [0.5, 0.6) is 0 Å². The number of aromatic amines is 1. The molecule has 1 atom stereocenters. The Morgan fingerprint density at radius 3 is 3.12 bits per heavy atom. The minimum Gasteiger partial charge on any atom is -0.341 e. The topological polar surface area (TPSA) is 44.0 Å². The van der Waals surface area contributed by atoms with Gasteiger partial charge in [0.25, 0.3) is 0 Å². The number of fused-ring (bicyclic) bond motifs is 1. The molecule has 4 nitrogen and oxygen atoms in total. The van der Waals surface area contributed by atoms with Gasteiger partial charge in [0.2, 0.25) is 0 Å². The van der Waals surface area contributed by atoms with Gasteiger partial charge in [0.1, 0.15) is 11.3 Å². The number of piperazine rings is 1. The molecule has 1 aromatic carbocycles. The van der Waals surface area contributed by atoms with Crippen molar-refractivity contribution in [1.29, 1.82) is 0 Å². The number of benzene rings is 1. The van der Waals surface area contributed by atoms with Crippen molar-refractivity contribution in [2.45, 2.75) is 6.04 Å². The third kappa shape index (κ3) is 2.04. The Balaban J connectivity index is 1.97. The van der Waals surface area contributed by atoms with Gasteiger partial charge in [-0.05, 0) is 19.2 Å². The molecule has 1 aliphatic rings. The lowest BCUT2D eigenvalue weighted by Crippen LogP contribution is -2.44. The number of H-pyrrole nitrogens is 1. The number of likely N-dealkylation sites (N-methyl/N-ethyl adjacent to an activating group) is 1. The van der Waals surface area contributed by atoms with E-state index in [0.717, 1.165) is 36.5 Å². The van der Waals surface area contributed by atoms with Gasteiger partial charge in [0.15, 0.2) is 0 Å². The van der Waals surface area contributed by atoms with Crippen LogP contribution in [0, 0.1) is 0 Å². The van der Waals surface area contributed by atoms with E-state index in [1.165, 1.54) is 0 Å². The number of imidazole rings is 1. The second kappa shape index (κ2) is 4.29. The highest BCUT2D eigenvalue weighted by atomic mass is 35.5. The lowest BCUT2D eigenvalue weighted by molar-refractivity contribution is 0.236. The summed E-state index contributed by atoms with van der Waals surface area (Å²) in [5, 5.41) is 4.17. The molecular formula is C12H15ClN4. The van der Waals surface area contributed by atoms with Crippen molar-refractivity contribution >= 4 is 22.6 Å². The summed E-state index contributed by atoms with van der Waals surface area (Å²) in [4.78, 5) is 10.2. The minimum atomic E-state index is 0.261. The Labute approximate surface area is 105 Å². The molecule has 90 valence electrons. The Hall–Kier alpha value is -1.10. The highest BCUT2D eigenvalue weighted by molar-refractivity contribution is 6.34. The third-order valence-corrected chi connectivity index (χ3v) is 3.50. The summed E-state index contributed by atoms with van der Waals surface area (Å²) in [6.45, 7) is 3.04. The van der Waals surface area contributed by atoms with Gasteiger partial charge in [-0.25, -0.2) is 4.98 Å². The highest BCUT2D eigenvalue weighted by Gasteiger charge is 2.21. The first-order chi connectivity index (χ1) is 8.24. The zero-order chi connectivity index (χ0) is 11.8. The maximum Gasteiger partial charge on any atom is 0.125 e. The number of para-hydroxylation sites is 1. The molecule has 2 aromatic rings. The predicted octanol–water partition coefficient (Wildman–Crippen LogP) is 1.79. The largest absolute Gasteiger partial charge is 0.341 e. The maximum absolute atomic E-state index is 6.12. The van der Waals surface area contributed by atoms with Crippen LogP contribution in [0.2, 0.25) is 5.02 Å². The fraction of sp³-hybridized carbons (Fsp3) is 0.417. The molecule has 0 amide bonds. The quantitative estimate of drug-likeness (QED) is 0.811. The van der Waals surface area contributed by atoms with Crippen LogP contribution in [0.1, 0.15) is 11.9 Å². The number of hydrogen-bond acceptors (Lipinski definition) is 3. The number of aromatic nitrogens is 2. The van der Waals surface area contributed by atoms with Crippen molar-refractivity contribution < 1.29 is 0 Å². The molecule has 1 saturated heterocycles. The van der Waals surface area contributed by atoms with Gasteiger partial charge in [0, 0.05) is 19.6 Å². The van der Waals surface area contributed by atoms with E-state index in [1.54, 1.807) is 0 Å². The smallest absolute Gasteiger partial charge is 0.125 e. The summed E-state index contributed by atoms with van der Waals surface area (Å²) in [6.07, 6.45) is 0. The molecule has 0 radical (unpaired) electrons. The van der Waals surface area contributed by atoms with Crippen molar-refractivity contribution in [3.63, 3.8) is 0 Å². The lowest BCUT2D eigenvalue weighted by atomic mass is 10.2. The fourth-order valence-corrected chi connectivity index (χ4v) is 2.48. The van der Waals surface area contributed by atoms with Crippen LogP contribution in [-0.4, -0.2) is 41.5 Å². The van der Waals surface area contributed by atoms with Crippen LogP contribution in [0.15, 0.2) is 18.2 Å². The number of nitrogens with one attached hydrogen (secondary N) is 2. The van der Waals surface area contributed by atoms with Crippen molar-refractivity contribution in [3.8, 4) is 0 Å². The van der Waals surface area contributed by atoms with Gasteiger partial charge in [-0.15, -0.1) is 0 Å². The predicted molar refractivity (Wildman–Crippen MR) is 69.3 cm³/mol. The number of rotatable bonds is 1. The zero-order valence-electron chi connectivity index (χ0n) is 9.70. The lowest BCUT2D eigenvalue weighted by Gasteiger charge is -2.29. The van der Waals surface area contributed by atoms with E-state index in [4.69, 9.17) is 11.6 Å². The molecule has 17 heavy (non-hydrogen) atoms. The van der Waals surface area contributed by atoms with Crippen LogP contribution in [0.25, 0.3) is 11.0 Å². The average molecular weight is 251 g/mol. The first-order valence-electron chi connectivity index (χ1n) is 5.80. The molecule has 0 saturated carbocycles. The van der Waals surface area contributed by atoms with Crippen molar-refractivity contribution in [2.75, 3.05) is 26.7 Å². The SMILES string of the molecule is CN1CCNC(c2nc3c(Cl)cccc3[nH]2)C1. The van der Waals surface area contributed by atoms with E-state index in [0.29, 0.717) is 5.02 Å². The van der Waals surface area contributed by atoms with Gasteiger partial charge in [-0.3, -0.25) is 0 Å². The van der Waals surface area contributed by atoms with Crippen LogP contribution >= 0.6 is 11.6 Å². The van der Waals surface area contributed by atoms with Gasteiger partial charge in [0.05, 0.1) is 16.6 Å². The standard InChI is InChI=1S/C12H15ClN4/c1-17-6-5-14-10(7-17)12-15-9-4-2-3-8(13)11(9)16-12/h2-4,10,14H,5-7H2,1H3,(H,15,16). The normalized spacial score (nSPS) is 22.1. The van der Waals surface area contributed by atoms with Crippen molar-refractivity contribution in [3.05, 3.63) is 29.0 Å². The number of nitrogens with zero attached hydrogens (tertiary/aromatic N) is 2. The van der Waals surface area contributed by atoms with E-state index >= 15 is 0 Å². The van der Waals surface area contributed by atoms with Crippen LogP contribution in [0.3, 0.4) is 0 Å². The highest BCUT2D eigenvalue weighted by Crippen LogP contribution is 2.23. The summed E-state index contributed by atoms with van der Waals surface area (Å²) >= 11 is 6.12. The molecule has 0 bridgehead atoms. The molecule has 3 rings (SSSR count). The third-order valence-electron chi connectivity index (χ3n) is 3.19. The summed E-state index contributed by atoms with van der Waals surface area (Å²) in [7, 11) is 2.13. The van der Waals surface area contributed by atoms with Gasteiger partial charge >= 0.3 is 0 Å².